The maximum atomic E-state index is 12.8. The first-order chi connectivity index (χ1) is 13.6. The summed E-state index contributed by atoms with van der Waals surface area (Å²) >= 11 is 0. The highest BCUT2D eigenvalue weighted by Gasteiger charge is 2.28. The number of benzene rings is 1. The van der Waals surface area contributed by atoms with Crippen LogP contribution in [0.3, 0.4) is 0 Å². The largest absolute Gasteiger partial charge is 0.462 e. The van der Waals surface area contributed by atoms with Gasteiger partial charge in [0.2, 0.25) is 0 Å². The molecular formula is C24H35NO4. The fraction of sp³-hybridized carbons (Fsp3) is 0.500. The lowest BCUT2D eigenvalue weighted by Crippen LogP contribution is -2.26. The van der Waals surface area contributed by atoms with Crippen molar-refractivity contribution in [2.75, 3.05) is 27.3 Å². The number of nitrogens with zero attached hydrogens (tertiary/aromatic N) is 1. The van der Waals surface area contributed by atoms with Crippen molar-refractivity contribution in [1.82, 2.24) is 4.90 Å². The van der Waals surface area contributed by atoms with Crippen molar-refractivity contribution >= 4 is 17.5 Å². The molecule has 0 N–H and O–H groups in total. The van der Waals surface area contributed by atoms with Gasteiger partial charge >= 0.3 is 11.9 Å². The average Bonchev–Trinajstić information content (AvgIpc) is 2.66. The van der Waals surface area contributed by atoms with Crippen molar-refractivity contribution in [2.24, 2.45) is 5.41 Å². The minimum absolute atomic E-state index is 0.0745. The van der Waals surface area contributed by atoms with E-state index in [0.29, 0.717) is 18.5 Å². The molecule has 0 unspecified atom stereocenters. The van der Waals surface area contributed by atoms with Crippen LogP contribution in [0.15, 0.2) is 47.7 Å². The summed E-state index contributed by atoms with van der Waals surface area (Å²) in [6.07, 6.45) is 3.24. The molecule has 0 saturated carbocycles. The number of carbonyl (C=O) groups excluding carboxylic acids is 2. The monoisotopic (exact) mass is 401 g/mol. The van der Waals surface area contributed by atoms with Crippen LogP contribution in [0, 0.1) is 5.41 Å². The Morgan fingerprint density at radius 2 is 1.41 bits per heavy atom. The first-order valence-corrected chi connectivity index (χ1v) is 10.2. The summed E-state index contributed by atoms with van der Waals surface area (Å²) in [6.45, 7) is 10.6. The fourth-order valence-electron chi connectivity index (χ4n) is 2.74. The molecule has 1 rings (SSSR count). The van der Waals surface area contributed by atoms with Crippen LogP contribution in [-0.4, -0.2) is 44.1 Å². The van der Waals surface area contributed by atoms with E-state index in [-0.39, 0.29) is 24.2 Å². The highest BCUT2D eigenvalue weighted by molar-refractivity contribution is 6.15. The number of likely N-dealkylation sites (N-methyl/N-ethyl adjacent to an activating group) is 1. The van der Waals surface area contributed by atoms with Gasteiger partial charge in [-0.2, -0.15) is 0 Å². The zero-order chi connectivity index (χ0) is 22.0. The minimum atomic E-state index is -0.658. The molecule has 0 saturated heterocycles. The van der Waals surface area contributed by atoms with Gasteiger partial charge in [0.1, 0.15) is 0 Å². The molecule has 0 heterocycles. The van der Waals surface area contributed by atoms with Crippen molar-refractivity contribution < 1.29 is 19.1 Å². The van der Waals surface area contributed by atoms with E-state index < -0.39 is 11.9 Å². The highest BCUT2D eigenvalue weighted by atomic mass is 16.6. The molecule has 1 aromatic rings. The second kappa shape index (κ2) is 11.4. The van der Waals surface area contributed by atoms with Gasteiger partial charge in [-0.1, -0.05) is 65.0 Å². The number of rotatable bonds is 9. The first kappa shape index (κ1) is 24.5. The zero-order valence-corrected chi connectivity index (χ0v) is 18.9. The normalized spacial score (nSPS) is 11.6. The topological polar surface area (TPSA) is 55.8 Å². The van der Waals surface area contributed by atoms with Gasteiger partial charge in [0.05, 0.1) is 18.9 Å². The molecule has 0 amide bonds. The average molecular weight is 402 g/mol. The second-order valence-corrected chi connectivity index (χ2v) is 8.10. The summed E-state index contributed by atoms with van der Waals surface area (Å²) in [7, 11) is 3.61. The van der Waals surface area contributed by atoms with Crippen molar-refractivity contribution in [2.45, 2.75) is 47.5 Å². The molecule has 0 radical (unpaired) electrons. The Labute approximate surface area is 175 Å². The van der Waals surface area contributed by atoms with Crippen LogP contribution in [0.1, 0.15) is 53.0 Å². The van der Waals surface area contributed by atoms with E-state index in [1.165, 1.54) is 0 Å². The lowest BCUT2D eigenvalue weighted by Gasteiger charge is -2.26. The van der Waals surface area contributed by atoms with Crippen LogP contribution in [0.5, 0.6) is 0 Å². The Kier molecular flexibility index (Phi) is 9.66. The maximum absolute atomic E-state index is 12.8. The Morgan fingerprint density at radius 3 is 1.79 bits per heavy atom. The number of hydrogen-bond donors (Lipinski definition) is 0. The van der Waals surface area contributed by atoms with E-state index in [9.17, 15) is 9.59 Å². The van der Waals surface area contributed by atoms with Gasteiger partial charge in [-0.05, 0) is 35.5 Å². The molecule has 0 aliphatic carbocycles. The number of esters is 2. The number of hydrogen-bond acceptors (Lipinski definition) is 5. The molecule has 160 valence electrons. The van der Waals surface area contributed by atoms with Gasteiger partial charge in [-0.15, -0.1) is 0 Å². The standard InChI is InChI=1S/C24H35NO4/c1-8-15-28-22(26)21(23(27)29-16-9-2)20(25(6)7)17-19(24(3,4)5)18-13-11-10-12-14-18/h10-14,17H,8-9,15-16H2,1-7H3/b19-17+. The molecule has 0 aliphatic rings. The molecule has 0 atom stereocenters. The van der Waals surface area contributed by atoms with E-state index in [4.69, 9.17) is 9.47 Å². The molecular weight excluding hydrogens is 366 g/mol. The summed E-state index contributed by atoms with van der Waals surface area (Å²) in [5, 5.41) is 0. The van der Waals surface area contributed by atoms with Gasteiger partial charge in [0.25, 0.3) is 0 Å². The van der Waals surface area contributed by atoms with Gasteiger partial charge in [0.15, 0.2) is 5.57 Å². The Morgan fingerprint density at radius 1 is 0.931 bits per heavy atom. The predicted octanol–water partition coefficient (Wildman–Crippen LogP) is 4.84. The third kappa shape index (κ3) is 7.41. The predicted molar refractivity (Wildman–Crippen MR) is 117 cm³/mol. The quantitative estimate of drug-likeness (QED) is 0.195. The second-order valence-electron chi connectivity index (χ2n) is 8.10. The first-order valence-electron chi connectivity index (χ1n) is 10.2. The van der Waals surface area contributed by atoms with Crippen molar-refractivity contribution in [3.8, 4) is 0 Å². The third-order valence-electron chi connectivity index (χ3n) is 4.19. The third-order valence-corrected chi connectivity index (χ3v) is 4.19. The van der Waals surface area contributed by atoms with Gasteiger partial charge in [0, 0.05) is 14.1 Å². The molecule has 0 bridgehead atoms. The summed E-state index contributed by atoms with van der Waals surface area (Å²) in [5.74, 6) is -1.32. The van der Waals surface area contributed by atoms with Gasteiger partial charge in [-0.3, -0.25) is 0 Å². The fourth-order valence-corrected chi connectivity index (χ4v) is 2.74. The number of ether oxygens (including phenoxy) is 2. The van der Waals surface area contributed by atoms with Crippen LogP contribution in [0.25, 0.3) is 5.57 Å². The lowest BCUT2D eigenvalue weighted by molar-refractivity contribution is -0.147. The SMILES string of the molecule is CCCOC(=O)C(C(=O)OCCC)=C(/C=C(\c1ccccc1)C(C)(C)C)N(C)C. The Hall–Kier alpha value is -2.56. The lowest BCUT2D eigenvalue weighted by atomic mass is 9.81. The molecule has 29 heavy (non-hydrogen) atoms. The molecule has 1 aromatic carbocycles. The van der Waals surface area contributed by atoms with Crippen molar-refractivity contribution in [3.05, 3.63) is 53.2 Å². The van der Waals surface area contributed by atoms with E-state index in [1.807, 2.05) is 50.3 Å². The summed E-state index contributed by atoms with van der Waals surface area (Å²) in [4.78, 5) is 27.3. The Balaban J connectivity index is 3.67. The number of allylic oxidation sites excluding steroid dienone is 2. The molecule has 5 heteroatoms. The van der Waals surface area contributed by atoms with E-state index >= 15 is 0 Å². The van der Waals surface area contributed by atoms with Crippen LogP contribution < -0.4 is 0 Å². The Bertz CT molecular complexity index is 718. The molecule has 0 aliphatic heterocycles. The maximum Gasteiger partial charge on any atom is 0.347 e. The zero-order valence-electron chi connectivity index (χ0n) is 18.9. The summed E-state index contributed by atoms with van der Waals surface area (Å²) in [6, 6.07) is 9.95. The summed E-state index contributed by atoms with van der Waals surface area (Å²) in [5.41, 5.74) is 2.22. The van der Waals surface area contributed by atoms with Crippen molar-refractivity contribution in [1.29, 1.82) is 0 Å². The van der Waals surface area contributed by atoms with Crippen LogP contribution in [0.2, 0.25) is 0 Å². The van der Waals surface area contributed by atoms with E-state index in [2.05, 4.69) is 20.8 Å². The molecule has 0 spiro atoms. The van der Waals surface area contributed by atoms with Crippen LogP contribution in [0.4, 0.5) is 0 Å². The van der Waals surface area contributed by atoms with E-state index in [0.717, 1.165) is 11.1 Å². The van der Waals surface area contributed by atoms with Crippen LogP contribution >= 0.6 is 0 Å². The molecule has 0 aromatic heterocycles. The minimum Gasteiger partial charge on any atom is -0.462 e. The van der Waals surface area contributed by atoms with Crippen LogP contribution in [-0.2, 0) is 19.1 Å². The molecule has 0 fully saturated rings. The summed E-state index contributed by atoms with van der Waals surface area (Å²) < 4.78 is 10.6. The smallest absolute Gasteiger partial charge is 0.347 e. The highest BCUT2D eigenvalue weighted by Crippen LogP contribution is 2.35. The van der Waals surface area contributed by atoms with E-state index in [1.54, 1.807) is 19.0 Å². The molecule has 5 nitrogen and oxygen atoms in total. The number of carbonyl (C=O) groups is 2. The van der Waals surface area contributed by atoms with Crippen molar-refractivity contribution in [3.63, 3.8) is 0 Å². The van der Waals surface area contributed by atoms with Gasteiger partial charge in [-0.25, -0.2) is 9.59 Å². The van der Waals surface area contributed by atoms with Gasteiger partial charge < -0.3 is 14.4 Å².